The van der Waals surface area contributed by atoms with E-state index in [4.69, 9.17) is 10.5 Å². The molecule has 23 heavy (non-hydrogen) atoms. The molecule has 8 nitrogen and oxygen atoms in total. The first-order valence-electron chi connectivity index (χ1n) is 6.65. The molecule has 0 aromatic heterocycles. The molecule has 8 heteroatoms. The van der Waals surface area contributed by atoms with E-state index in [0.29, 0.717) is 12.2 Å². The maximum atomic E-state index is 11.1. The van der Waals surface area contributed by atoms with Crippen LogP contribution in [0.5, 0.6) is 5.75 Å². The summed E-state index contributed by atoms with van der Waals surface area (Å²) in [4.78, 5) is 23.1. The van der Waals surface area contributed by atoms with Crippen LogP contribution < -0.4 is 20.7 Å². The molecule has 0 spiro atoms. The van der Waals surface area contributed by atoms with Crippen LogP contribution in [0.3, 0.4) is 0 Å². The molecule has 0 atom stereocenters. The lowest BCUT2D eigenvalue weighted by molar-refractivity contribution is -0.383. The van der Waals surface area contributed by atoms with Crippen molar-refractivity contribution >= 4 is 34.9 Å². The van der Waals surface area contributed by atoms with Gasteiger partial charge in [0.15, 0.2) is 5.75 Å². The van der Waals surface area contributed by atoms with Gasteiger partial charge >= 0.3 is 0 Å². The highest BCUT2D eigenvalue weighted by molar-refractivity contribution is 5.77. The van der Waals surface area contributed by atoms with E-state index >= 15 is 0 Å². The summed E-state index contributed by atoms with van der Waals surface area (Å²) < 4.78 is 4.96. The van der Waals surface area contributed by atoms with Crippen molar-refractivity contribution < 1.29 is 14.5 Å². The third kappa shape index (κ3) is 3.67. The molecule has 0 aliphatic rings. The fraction of sp³-hybridized carbons (Fsp3) is 0.133. The van der Waals surface area contributed by atoms with Crippen molar-refractivity contribution in [3.05, 3.63) is 46.5 Å². The van der Waals surface area contributed by atoms with E-state index in [-0.39, 0.29) is 22.8 Å². The third-order valence-electron chi connectivity index (χ3n) is 3.14. The molecule has 0 aliphatic heterocycles. The van der Waals surface area contributed by atoms with E-state index < -0.39 is 4.92 Å². The predicted molar refractivity (Wildman–Crippen MR) is 88.3 cm³/mol. The largest absolute Gasteiger partial charge is 0.426 e. The molecule has 0 aliphatic carbocycles. The Morgan fingerprint density at radius 2 is 1.91 bits per heavy atom. The smallest absolute Gasteiger partial charge is 0.298 e. The Hall–Kier alpha value is -3.29. The van der Waals surface area contributed by atoms with Gasteiger partial charge < -0.3 is 20.7 Å². The molecule has 0 radical (unpaired) electrons. The molecule has 0 fully saturated rings. The first-order valence-corrected chi connectivity index (χ1v) is 6.65. The topological polar surface area (TPSA) is 111 Å². The van der Waals surface area contributed by atoms with Crippen LogP contribution >= 0.6 is 0 Å². The predicted octanol–water partition coefficient (Wildman–Crippen LogP) is 2.52. The number of carbonyl (C=O) groups excluding carboxylic acids is 1. The minimum atomic E-state index is -0.535. The Bertz CT molecular complexity index is 746. The fourth-order valence-corrected chi connectivity index (χ4v) is 1.99. The Balaban J connectivity index is 2.43. The fourth-order valence-electron chi connectivity index (χ4n) is 1.99. The van der Waals surface area contributed by atoms with Crippen LogP contribution in [-0.2, 0) is 4.79 Å². The van der Waals surface area contributed by atoms with E-state index in [9.17, 15) is 14.9 Å². The second kappa shape index (κ2) is 6.65. The number of hydrogen-bond donors (Lipinski definition) is 2. The maximum Gasteiger partial charge on any atom is 0.298 e. The number of nitrogens with two attached hydrogens (primary N) is 1. The van der Waals surface area contributed by atoms with Gasteiger partial charge in [0.25, 0.3) is 12.2 Å². The third-order valence-corrected chi connectivity index (χ3v) is 3.14. The summed E-state index contributed by atoms with van der Waals surface area (Å²) in [6.45, 7) is 0.303. The summed E-state index contributed by atoms with van der Waals surface area (Å²) in [6.07, 6.45) is 0. The second-order valence-corrected chi connectivity index (χ2v) is 4.95. The molecule has 2 aromatic carbocycles. The van der Waals surface area contributed by atoms with Gasteiger partial charge in [0.2, 0.25) is 0 Å². The van der Waals surface area contributed by atoms with Gasteiger partial charge in [-0.15, -0.1) is 0 Å². The Labute approximate surface area is 132 Å². The quantitative estimate of drug-likeness (QED) is 0.364. The Kier molecular flexibility index (Phi) is 4.65. The average molecular weight is 316 g/mol. The van der Waals surface area contributed by atoms with Gasteiger partial charge in [-0.3, -0.25) is 14.9 Å². The normalized spacial score (nSPS) is 10.0. The number of ether oxygens (including phenoxy) is 1. The number of anilines is 4. The van der Waals surface area contributed by atoms with Crippen LogP contribution in [0.15, 0.2) is 36.4 Å². The SMILES string of the molecule is CN(C)c1ccc(Nc2ccc(N)cc2[N+](=O)[O-])c(OC=O)c1. The van der Waals surface area contributed by atoms with Crippen molar-refractivity contribution in [2.45, 2.75) is 0 Å². The lowest BCUT2D eigenvalue weighted by atomic mass is 10.2. The number of nitrogen functional groups attached to an aromatic ring is 1. The Morgan fingerprint density at radius 3 is 2.52 bits per heavy atom. The summed E-state index contributed by atoms with van der Waals surface area (Å²) in [5, 5.41) is 14.0. The standard InChI is InChI=1S/C15H16N4O4/c1-18(2)11-4-6-13(15(8-11)23-9-20)17-12-5-3-10(16)7-14(12)19(21)22/h3-9,17H,16H2,1-2H3. The van der Waals surface area contributed by atoms with Crippen LogP contribution in [0, 0.1) is 10.1 Å². The Morgan fingerprint density at radius 1 is 1.22 bits per heavy atom. The number of nitro benzene ring substituents is 1. The summed E-state index contributed by atoms with van der Waals surface area (Å²) in [6, 6.07) is 9.43. The molecule has 0 saturated carbocycles. The molecule has 0 heterocycles. The van der Waals surface area contributed by atoms with Crippen molar-refractivity contribution in [3.63, 3.8) is 0 Å². The van der Waals surface area contributed by atoms with E-state index in [0.717, 1.165) is 5.69 Å². The van der Waals surface area contributed by atoms with Crippen molar-refractivity contribution in [2.75, 3.05) is 30.0 Å². The summed E-state index contributed by atoms with van der Waals surface area (Å²) in [7, 11) is 3.69. The molecule has 0 amide bonds. The molecule has 3 N–H and O–H groups in total. The van der Waals surface area contributed by atoms with E-state index in [1.807, 2.05) is 19.0 Å². The molecular weight excluding hydrogens is 300 g/mol. The number of hydrogen-bond acceptors (Lipinski definition) is 7. The second-order valence-electron chi connectivity index (χ2n) is 4.95. The van der Waals surface area contributed by atoms with Gasteiger partial charge in [0.1, 0.15) is 5.69 Å². The van der Waals surface area contributed by atoms with E-state index in [1.54, 1.807) is 24.3 Å². The molecule has 0 saturated heterocycles. The molecule has 2 rings (SSSR count). The molecular formula is C15H16N4O4. The zero-order chi connectivity index (χ0) is 17.0. The lowest BCUT2D eigenvalue weighted by Crippen LogP contribution is -2.09. The van der Waals surface area contributed by atoms with Crippen molar-refractivity contribution in [3.8, 4) is 5.75 Å². The van der Waals surface area contributed by atoms with Crippen molar-refractivity contribution in [2.24, 2.45) is 0 Å². The number of carbonyl (C=O) groups is 1. The van der Waals surface area contributed by atoms with Crippen LogP contribution in [-0.4, -0.2) is 25.5 Å². The van der Waals surface area contributed by atoms with Crippen LogP contribution in [0.4, 0.5) is 28.4 Å². The molecule has 2 aromatic rings. The summed E-state index contributed by atoms with van der Waals surface area (Å²) in [5.74, 6) is 0.261. The van der Waals surface area contributed by atoms with Crippen LogP contribution in [0.1, 0.15) is 0 Å². The highest BCUT2D eigenvalue weighted by atomic mass is 16.6. The first kappa shape index (κ1) is 16.1. The first-order chi connectivity index (χ1) is 10.9. The lowest BCUT2D eigenvalue weighted by Gasteiger charge is -2.16. The number of benzene rings is 2. The minimum absolute atomic E-state index is 0.168. The van der Waals surface area contributed by atoms with E-state index in [1.165, 1.54) is 12.1 Å². The van der Waals surface area contributed by atoms with E-state index in [2.05, 4.69) is 5.32 Å². The summed E-state index contributed by atoms with van der Waals surface area (Å²) >= 11 is 0. The number of nitrogens with zero attached hydrogens (tertiary/aromatic N) is 2. The number of rotatable bonds is 6. The van der Waals surface area contributed by atoms with Gasteiger partial charge in [-0.1, -0.05) is 0 Å². The highest BCUT2D eigenvalue weighted by Crippen LogP contribution is 2.35. The van der Waals surface area contributed by atoms with Crippen molar-refractivity contribution in [1.82, 2.24) is 0 Å². The van der Waals surface area contributed by atoms with Gasteiger partial charge in [-0.05, 0) is 24.3 Å². The maximum absolute atomic E-state index is 11.1. The molecule has 0 unspecified atom stereocenters. The van der Waals surface area contributed by atoms with Gasteiger partial charge in [-0.25, -0.2) is 0 Å². The minimum Gasteiger partial charge on any atom is -0.426 e. The van der Waals surface area contributed by atoms with Crippen LogP contribution in [0.25, 0.3) is 0 Å². The van der Waals surface area contributed by atoms with Crippen molar-refractivity contribution in [1.29, 1.82) is 0 Å². The molecule has 0 bridgehead atoms. The highest BCUT2D eigenvalue weighted by Gasteiger charge is 2.16. The number of nitrogens with one attached hydrogen (secondary N) is 1. The van der Waals surface area contributed by atoms with Crippen LogP contribution in [0.2, 0.25) is 0 Å². The zero-order valence-electron chi connectivity index (χ0n) is 12.6. The zero-order valence-corrected chi connectivity index (χ0v) is 12.6. The summed E-state index contributed by atoms with van der Waals surface area (Å²) in [5.41, 5.74) is 7.19. The van der Waals surface area contributed by atoms with Gasteiger partial charge in [-0.2, -0.15) is 0 Å². The van der Waals surface area contributed by atoms with Gasteiger partial charge in [0.05, 0.1) is 10.6 Å². The van der Waals surface area contributed by atoms with Gasteiger partial charge in [0, 0.05) is 37.6 Å². The average Bonchev–Trinajstić information content (AvgIpc) is 2.50. The monoisotopic (exact) mass is 316 g/mol. The molecule has 120 valence electrons. The number of nitro groups is 1.